The molecule has 5 nitrogen and oxygen atoms in total. The van der Waals surface area contributed by atoms with Gasteiger partial charge >= 0.3 is 0 Å². The van der Waals surface area contributed by atoms with Crippen LogP contribution in [0.2, 0.25) is 5.15 Å². The van der Waals surface area contributed by atoms with Gasteiger partial charge in [-0.2, -0.15) is 0 Å². The zero-order valence-corrected chi connectivity index (χ0v) is 19.5. The molecule has 0 aliphatic carbocycles. The number of ketones is 1. The lowest BCUT2D eigenvalue weighted by molar-refractivity contribution is 0.101. The van der Waals surface area contributed by atoms with Crippen LogP contribution in [0.3, 0.4) is 0 Å². The molecule has 168 valence electrons. The summed E-state index contributed by atoms with van der Waals surface area (Å²) in [7, 11) is 1.54. The maximum absolute atomic E-state index is 12.5. The van der Waals surface area contributed by atoms with Crippen molar-refractivity contribution in [1.29, 1.82) is 0 Å². The molecule has 0 aliphatic heterocycles. The van der Waals surface area contributed by atoms with E-state index in [1.807, 2.05) is 59.3 Å². The van der Waals surface area contributed by atoms with Gasteiger partial charge in [0.05, 0.1) is 18.0 Å². The standard InChI is InChI=1S/C28H22ClN3O2/c1-19(33)26-25-23(18-24(29)30-26)32(31-27(25)34-2)28(20-12-6-3-7-13-20,21-14-8-4-9-15-21)22-16-10-5-11-17-22/h3-18H,1-2H3. The predicted octanol–water partition coefficient (Wildman–Crippen LogP) is 6.14. The number of ether oxygens (including phenoxy) is 1. The number of hydrogen-bond donors (Lipinski definition) is 0. The number of carbonyl (C=O) groups is 1. The average Bonchev–Trinajstić information content (AvgIpc) is 3.24. The number of aromatic nitrogens is 3. The highest BCUT2D eigenvalue weighted by Crippen LogP contribution is 2.44. The lowest BCUT2D eigenvalue weighted by atomic mass is 9.77. The van der Waals surface area contributed by atoms with E-state index in [-0.39, 0.29) is 16.6 Å². The lowest BCUT2D eigenvalue weighted by Gasteiger charge is -2.36. The molecule has 0 radical (unpaired) electrons. The van der Waals surface area contributed by atoms with Gasteiger partial charge in [0, 0.05) is 13.0 Å². The summed E-state index contributed by atoms with van der Waals surface area (Å²) in [4.78, 5) is 16.8. The second kappa shape index (κ2) is 8.76. The second-order valence-corrected chi connectivity index (χ2v) is 8.36. The van der Waals surface area contributed by atoms with Gasteiger partial charge in [-0.15, -0.1) is 5.10 Å². The molecule has 0 N–H and O–H groups in total. The van der Waals surface area contributed by atoms with E-state index in [1.165, 1.54) is 6.92 Å². The molecule has 3 aromatic carbocycles. The molecule has 0 fully saturated rings. The van der Waals surface area contributed by atoms with Gasteiger partial charge in [0.25, 0.3) is 0 Å². The van der Waals surface area contributed by atoms with Crippen LogP contribution in [-0.2, 0) is 5.54 Å². The van der Waals surface area contributed by atoms with Crippen LogP contribution in [0.25, 0.3) is 10.9 Å². The number of hydrogen-bond acceptors (Lipinski definition) is 4. The van der Waals surface area contributed by atoms with Gasteiger partial charge in [0.15, 0.2) is 5.78 Å². The number of halogens is 1. The van der Waals surface area contributed by atoms with E-state index in [2.05, 4.69) is 41.4 Å². The fourth-order valence-electron chi connectivity index (χ4n) is 4.63. The van der Waals surface area contributed by atoms with Crippen LogP contribution in [0.1, 0.15) is 34.1 Å². The Morgan fingerprint density at radius 1 is 0.853 bits per heavy atom. The first-order valence-electron chi connectivity index (χ1n) is 10.9. The Morgan fingerprint density at radius 3 is 1.74 bits per heavy atom. The molecule has 5 aromatic rings. The summed E-state index contributed by atoms with van der Waals surface area (Å²) in [6, 6.07) is 32.2. The van der Waals surface area contributed by atoms with Crippen molar-refractivity contribution in [2.75, 3.05) is 7.11 Å². The van der Waals surface area contributed by atoms with Gasteiger partial charge in [-0.1, -0.05) is 103 Å². The molecule has 6 heteroatoms. The summed E-state index contributed by atoms with van der Waals surface area (Å²) in [6.45, 7) is 1.47. The topological polar surface area (TPSA) is 57.0 Å². The Bertz CT molecular complexity index is 1370. The summed E-state index contributed by atoms with van der Waals surface area (Å²) in [6.07, 6.45) is 0. The van der Waals surface area contributed by atoms with Crippen molar-refractivity contribution in [1.82, 2.24) is 14.8 Å². The molecule has 0 aliphatic rings. The Balaban J connectivity index is 2.02. The molecule has 0 amide bonds. The fraction of sp³-hybridized carbons (Fsp3) is 0.107. The molecule has 0 spiro atoms. The van der Waals surface area contributed by atoms with Crippen LogP contribution < -0.4 is 4.74 Å². The van der Waals surface area contributed by atoms with Crippen molar-refractivity contribution in [3.63, 3.8) is 0 Å². The van der Waals surface area contributed by atoms with Crippen molar-refractivity contribution in [2.24, 2.45) is 0 Å². The van der Waals surface area contributed by atoms with E-state index < -0.39 is 5.54 Å². The maximum atomic E-state index is 12.5. The van der Waals surface area contributed by atoms with Crippen molar-refractivity contribution < 1.29 is 9.53 Å². The number of benzene rings is 3. The van der Waals surface area contributed by atoms with E-state index in [1.54, 1.807) is 13.2 Å². The zero-order valence-electron chi connectivity index (χ0n) is 18.8. The van der Waals surface area contributed by atoms with E-state index in [4.69, 9.17) is 21.4 Å². The summed E-state index contributed by atoms with van der Waals surface area (Å²) in [5.74, 6) is 0.103. The van der Waals surface area contributed by atoms with E-state index >= 15 is 0 Å². The zero-order chi connectivity index (χ0) is 23.7. The first-order valence-corrected chi connectivity index (χ1v) is 11.3. The van der Waals surface area contributed by atoms with Crippen LogP contribution in [0, 0.1) is 0 Å². The van der Waals surface area contributed by atoms with Crippen molar-refractivity contribution in [3.8, 4) is 5.88 Å². The Labute approximate surface area is 202 Å². The maximum Gasteiger partial charge on any atom is 0.242 e. The molecular formula is C28H22ClN3O2. The largest absolute Gasteiger partial charge is 0.479 e. The Kier molecular flexibility index (Phi) is 5.64. The van der Waals surface area contributed by atoms with Crippen LogP contribution in [-0.4, -0.2) is 27.7 Å². The number of methoxy groups -OCH3 is 1. The monoisotopic (exact) mass is 467 g/mol. The van der Waals surface area contributed by atoms with E-state index in [0.717, 1.165) is 16.7 Å². The summed E-state index contributed by atoms with van der Waals surface area (Å²) >= 11 is 6.44. The predicted molar refractivity (Wildman–Crippen MR) is 134 cm³/mol. The van der Waals surface area contributed by atoms with E-state index in [0.29, 0.717) is 16.8 Å². The van der Waals surface area contributed by atoms with Gasteiger partial charge in [-0.3, -0.25) is 4.79 Å². The van der Waals surface area contributed by atoms with Crippen LogP contribution in [0.5, 0.6) is 5.88 Å². The Morgan fingerprint density at radius 2 is 1.32 bits per heavy atom. The van der Waals surface area contributed by atoms with Crippen molar-refractivity contribution >= 4 is 28.3 Å². The smallest absolute Gasteiger partial charge is 0.242 e. The molecule has 0 saturated carbocycles. The number of fused-ring (bicyclic) bond motifs is 1. The van der Waals surface area contributed by atoms with Crippen LogP contribution in [0.15, 0.2) is 97.1 Å². The van der Waals surface area contributed by atoms with Crippen molar-refractivity contribution in [3.05, 3.63) is 125 Å². The molecular weight excluding hydrogens is 446 g/mol. The normalized spacial score (nSPS) is 11.5. The molecule has 2 heterocycles. The van der Waals surface area contributed by atoms with Gasteiger partial charge in [-0.05, 0) is 16.7 Å². The number of carbonyl (C=O) groups excluding carboxylic acids is 1. The third kappa shape index (κ3) is 3.37. The third-order valence-corrected chi connectivity index (χ3v) is 6.21. The first-order chi connectivity index (χ1) is 16.6. The lowest BCUT2D eigenvalue weighted by Crippen LogP contribution is -2.38. The highest BCUT2D eigenvalue weighted by Gasteiger charge is 2.41. The third-order valence-electron chi connectivity index (χ3n) is 6.02. The van der Waals surface area contributed by atoms with Gasteiger partial charge in [0.2, 0.25) is 5.88 Å². The summed E-state index contributed by atoms with van der Waals surface area (Å²) < 4.78 is 7.58. The number of pyridine rings is 1. The average molecular weight is 468 g/mol. The highest BCUT2D eigenvalue weighted by atomic mass is 35.5. The quantitative estimate of drug-likeness (QED) is 0.171. The molecule has 0 bridgehead atoms. The minimum Gasteiger partial charge on any atom is -0.479 e. The summed E-state index contributed by atoms with van der Waals surface area (Å²) in [5, 5.41) is 5.68. The molecule has 0 saturated heterocycles. The molecule has 2 aromatic heterocycles. The van der Waals surface area contributed by atoms with Gasteiger partial charge in [-0.25, -0.2) is 9.67 Å². The molecule has 0 atom stereocenters. The summed E-state index contributed by atoms with van der Waals surface area (Å²) in [5.41, 5.74) is 3.00. The number of nitrogens with zero attached hydrogens (tertiary/aromatic N) is 3. The minimum absolute atomic E-state index is 0.213. The SMILES string of the molecule is COc1nn(C(c2ccccc2)(c2ccccc2)c2ccccc2)c2cc(Cl)nc(C(C)=O)c12. The first kappa shape index (κ1) is 21.9. The van der Waals surface area contributed by atoms with Gasteiger partial charge in [0.1, 0.15) is 16.4 Å². The number of rotatable bonds is 6. The van der Waals surface area contributed by atoms with Crippen LogP contribution >= 0.6 is 11.6 Å². The molecule has 5 rings (SSSR count). The Hall–Kier alpha value is -3.96. The fourth-order valence-corrected chi connectivity index (χ4v) is 4.82. The molecule has 34 heavy (non-hydrogen) atoms. The highest BCUT2D eigenvalue weighted by molar-refractivity contribution is 6.30. The van der Waals surface area contributed by atoms with Crippen LogP contribution in [0.4, 0.5) is 0 Å². The van der Waals surface area contributed by atoms with Crippen molar-refractivity contribution in [2.45, 2.75) is 12.5 Å². The second-order valence-electron chi connectivity index (χ2n) is 7.97. The number of Topliss-reactive ketones (excluding diaryl/α,β-unsaturated/α-hetero) is 1. The molecule has 0 unspecified atom stereocenters. The van der Waals surface area contributed by atoms with Gasteiger partial charge < -0.3 is 4.74 Å². The van der Waals surface area contributed by atoms with E-state index in [9.17, 15) is 4.79 Å². The minimum atomic E-state index is -0.877.